The first-order valence-electron chi connectivity index (χ1n) is 6.38. The van der Waals surface area contributed by atoms with Crippen LogP contribution in [0.4, 0.5) is 0 Å². The van der Waals surface area contributed by atoms with Gasteiger partial charge in [0.25, 0.3) is 0 Å². The van der Waals surface area contributed by atoms with Gasteiger partial charge < -0.3 is 10.5 Å². The first-order chi connectivity index (χ1) is 9.60. The largest absolute Gasteiger partial charge is 0.482 e. The van der Waals surface area contributed by atoms with E-state index in [4.69, 9.17) is 33.7 Å². The predicted molar refractivity (Wildman–Crippen MR) is 82.3 cm³/mol. The van der Waals surface area contributed by atoms with E-state index in [2.05, 4.69) is 4.98 Å². The summed E-state index contributed by atoms with van der Waals surface area (Å²) in [5, 5.41) is 1.21. The average Bonchev–Trinajstić information content (AvgIpc) is 2.45. The Morgan fingerprint density at radius 2 is 1.85 bits per heavy atom. The van der Waals surface area contributed by atoms with E-state index in [-0.39, 0.29) is 12.1 Å². The molecule has 2 aromatic rings. The van der Waals surface area contributed by atoms with Crippen molar-refractivity contribution in [1.29, 1.82) is 0 Å². The Hall–Kier alpha value is -1.29. The molecule has 0 spiro atoms. The molecule has 0 aliphatic carbocycles. The number of halogens is 2. The van der Waals surface area contributed by atoms with Crippen LogP contribution in [0.2, 0.25) is 10.0 Å². The highest BCUT2D eigenvalue weighted by Gasteiger charge is 2.20. The van der Waals surface area contributed by atoms with Crippen molar-refractivity contribution in [3.63, 3.8) is 0 Å². The third-order valence-electron chi connectivity index (χ3n) is 3.00. The van der Waals surface area contributed by atoms with Gasteiger partial charge in [0.1, 0.15) is 11.9 Å². The summed E-state index contributed by atoms with van der Waals surface area (Å²) in [6.45, 7) is 2.02. The molecule has 0 amide bonds. The Morgan fingerprint density at radius 3 is 2.45 bits per heavy atom. The van der Waals surface area contributed by atoms with Gasteiger partial charge in [-0.15, -0.1) is 0 Å². The predicted octanol–water partition coefficient (Wildman–Crippen LogP) is 4.25. The summed E-state index contributed by atoms with van der Waals surface area (Å²) in [5.41, 5.74) is 7.14. The zero-order valence-electron chi connectivity index (χ0n) is 11.1. The molecule has 0 aliphatic heterocycles. The molecule has 0 fully saturated rings. The van der Waals surface area contributed by atoms with Crippen LogP contribution >= 0.6 is 23.2 Å². The fraction of sp³-hybridized carbons (Fsp3) is 0.267. The summed E-state index contributed by atoms with van der Waals surface area (Å²) in [5.74, 6) is 0.598. The van der Waals surface area contributed by atoms with Gasteiger partial charge in [0.15, 0.2) is 0 Å². The topological polar surface area (TPSA) is 48.1 Å². The lowest BCUT2D eigenvalue weighted by Crippen LogP contribution is -2.31. The van der Waals surface area contributed by atoms with Crippen molar-refractivity contribution in [3.8, 4) is 5.75 Å². The number of hydrogen-bond donors (Lipinski definition) is 1. The fourth-order valence-corrected chi connectivity index (χ4v) is 2.16. The van der Waals surface area contributed by atoms with E-state index < -0.39 is 0 Å². The Labute approximate surface area is 128 Å². The smallest absolute Gasteiger partial charge is 0.140 e. The second-order valence-corrected chi connectivity index (χ2v) is 5.37. The first-order valence-corrected chi connectivity index (χ1v) is 7.14. The Balaban J connectivity index is 2.26. The number of rotatable bonds is 5. The van der Waals surface area contributed by atoms with E-state index in [1.807, 2.05) is 31.2 Å². The molecule has 1 aromatic heterocycles. The molecule has 0 aliphatic rings. The molecule has 1 aromatic carbocycles. The van der Waals surface area contributed by atoms with Gasteiger partial charge in [-0.1, -0.05) is 42.3 Å². The SMILES string of the molecule is CCC(N)C(Oc1cncc(Cl)c1)c1ccc(Cl)cc1. The molecule has 2 atom stereocenters. The molecule has 3 nitrogen and oxygen atoms in total. The highest BCUT2D eigenvalue weighted by atomic mass is 35.5. The van der Waals surface area contributed by atoms with Gasteiger partial charge in [-0.05, 0) is 24.1 Å². The molecule has 106 valence electrons. The van der Waals surface area contributed by atoms with E-state index in [9.17, 15) is 0 Å². The second kappa shape index (κ2) is 6.93. The fourth-order valence-electron chi connectivity index (χ4n) is 1.87. The minimum absolute atomic E-state index is 0.129. The van der Waals surface area contributed by atoms with Gasteiger partial charge in [-0.2, -0.15) is 0 Å². The van der Waals surface area contributed by atoms with Gasteiger partial charge >= 0.3 is 0 Å². The third kappa shape index (κ3) is 3.85. The maximum atomic E-state index is 6.16. The standard InChI is InChI=1S/C15H16Cl2N2O/c1-2-14(18)15(10-3-5-11(16)6-4-10)20-13-7-12(17)8-19-9-13/h3-9,14-15H,2,18H2,1H3. The lowest BCUT2D eigenvalue weighted by atomic mass is 10.0. The van der Waals surface area contributed by atoms with Crippen LogP contribution in [0.25, 0.3) is 0 Å². The van der Waals surface area contributed by atoms with Crippen molar-refractivity contribution in [2.24, 2.45) is 5.73 Å². The Morgan fingerprint density at radius 1 is 1.15 bits per heavy atom. The van der Waals surface area contributed by atoms with Crippen LogP contribution < -0.4 is 10.5 Å². The first kappa shape index (κ1) is 15.1. The van der Waals surface area contributed by atoms with Crippen molar-refractivity contribution >= 4 is 23.2 Å². The minimum Gasteiger partial charge on any atom is -0.482 e. The van der Waals surface area contributed by atoms with Crippen molar-refractivity contribution in [2.75, 3.05) is 0 Å². The lowest BCUT2D eigenvalue weighted by molar-refractivity contribution is 0.170. The Bertz CT molecular complexity index is 560. The number of nitrogens with zero attached hydrogens (tertiary/aromatic N) is 1. The van der Waals surface area contributed by atoms with Crippen molar-refractivity contribution in [3.05, 3.63) is 58.3 Å². The van der Waals surface area contributed by atoms with E-state index in [1.165, 1.54) is 0 Å². The molecule has 0 saturated heterocycles. The summed E-state index contributed by atoms with van der Waals surface area (Å²) in [6, 6.07) is 9.08. The zero-order chi connectivity index (χ0) is 14.5. The summed E-state index contributed by atoms with van der Waals surface area (Å²) < 4.78 is 5.96. The van der Waals surface area contributed by atoms with Gasteiger partial charge in [0.2, 0.25) is 0 Å². The number of nitrogens with two attached hydrogens (primary N) is 1. The van der Waals surface area contributed by atoms with Crippen LogP contribution in [-0.4, -0.2) is 11.0 Å². The van der Waals surface area contributed by atoms with Gasteiger partial charge in [-0.3, -0.25) is 4.98 Å². The monoisotopic (exact) mass is 310 g/mol. The van der Waals surface area contributed by atoms with Gasteiger partial charge in [0, 0.05) is 23.3 Å². The number of ether oxygens (including phenoxy) is 1. The summed E-state index contributed by atoms with van der Waals surface area (Å²) in [4.78, 5) is 4.01. The molecule has 5 heteroatoms. The number of aromatic nitrogens is 1. The summed E-state index contributed by atoms with van der Waals surface area (Å²) in [7, 11) is 0. The number of pyridine rings is 1. The maximum Gasteiger partial charge on any atom is 0.140 e. The van der Waals surface area contributed by atoms with E-state index >= 15 is 0 Å². The van der Waals surface area contributed by atoms with E-state index in [0.717, 1.165) is 12.0 Å². The van der Waals surface area contributed by atoms with Crippen molar-refractivity contribution in [1.82, 2.24) is 4.98 Å². The summed E-state index contributed by atoms with van der Waals surface area (Å²) in [6.07, 6.45) is 3.71. The summed E-state index contributed by atoms with van der Waals surface area (Å²) >= 11 is 11.8. The molecule has 2 N–H and O–H groups in total. The zero-order valence-corrected chi connectivity index (χ0v) is 12.6. The van der Waals surface area contributed by atoms with Crippen LogP contribution in [0, 0.1) is 0 Å². The quantitative estimate of drug-likeness (QED) is 0.898. The van der Waals surface area contributed by atoms with Crippen LogP contribution in [0.15, 0.2) is 42.7 Å². The molecular formula is C15H16Cl2N2O. The molecular weight excluding hydrogens is 295 g/mol. The highest BCUT2D eigenvalue weighted by Crippen LogP contribution is 2.27. The second-order valence-electron chi connectivity index (χ2n) is 4.50. The van der Waals surface area contributed by atoms with Crippen molar-refractivity contribution in [2.45, 2.75) is 25.5 Å². The van der Waals surface area contributed by atoms with Gasteiger partial charge in [0.05, 0.1) is 11.2 Å². The lowest BCUT2D eigenvalue weighted by Gasteiger charge is -2.24. The molecule has 20 heavy (non-hydrogen) atoms. The van der Waals surface area contributed by atoms with Crippen LogP contribution in [-0.2, 0) is 0 Å². The van der Waals surface area contributed by atoms with Crippen molar-refractivity contribution < 1.29 is 4.74 Å². The molecule has 0 bridgehead atoms. The van der Waals surface area contributed by atoms with Crippen LogP contribution in [0.5, 0.6) is 5.75 Å². The minimum atomic E-state index is -0.266. The Kier molecular flexibility index (Phi) is 5.24. The average molecular weight is 311 g/mol. The molecule has 0 radical (unpaired) electrons. The number of benzene rings is 1. The molecule has 0 saturated carbocycles. The highest BCUT2D eigenvalue weighted by molar-refractivity contribution is 6.30. The van der Waals surface area contributed by atoms with Crippen LogP contribution in [0.1, 0.15) is 25.0 Å². The van der Waals surface area contributed by atoms with E-state index in [0.29, 0.717) is 15.8 Å². The molecule has 2 rings (SSSR count). The maximum absolute atomic E-state index is 6.16. The third-order valence-corrected chi connectivity index (χ3v) is 3.46. The molecule has 2 unspecified atom stereocenters. The normalized spacial score (nSPS) is 13.8. The van der Waals surface area contributed by atoms with E-state index in [1.54, 1.807) is 18.5 Å². The number of hydrogen-bond acceptors (Lipinski definition) is 3. The van der Waals surface area contributed by atoms with Gasteiger partial charge in [-0.25, -0.2) is 0 Å². The molecule has 1 heterocycles. The van der Waals surface area contributed by atoms with Crippen LogP contribution in [0.3, 0.4) is 0 Å².